The van der Waals surface area contributed by atoms with Gasteiger partial charge in [-0.2, -0.15) is 0 Å². The van der Waals surface area contributed by atoms with Gasteiger partial charge in [-0.25, -0.2) is 0 Å². The maximum atomic E-state index is 6.10. The van der Waals surface area contributed by atoms with Crippen LogP contribution < -0.4 is 10.6 Å². The number of hydrogen-bond donors (Lipinski definition) is 1. The lowest BCUT2D eigenvalue weighted by molar-refractivity contribution is 0.661. The predicted molar refractivity (Wildman–Crippen MR) is 81.6 cm³/mol. The summed E-state index contributed by atoms with van der Waals surface area (Å²) in [5, 5.41) is 0.787. The van der Waals surface area contributed by atoms with E-state index < -0.39 is 0 Å². The van der Waals surface area contributed by atoms with Crippen LogP contribution in [0.5, 0.6) is 0 Å². The molecule has 18 heavy (non-hydrogen) atoms. The van der Waals surface area contributed by atoms with Crippen molar-refractivity contribution in [1.29, 1.82) is 0 Å². The lowest BCUT2D eigenvalue weighted by atomic mass is 10.0. The fraction of sp³-hybridized carbons (Fsp3) is 0.600. The van der Waals surface area contributed by atoms with Crippen molar-refractivity contribution in [3.05, 3.63) is 28.8 Å². The Morgan fingerprint density at radius 3 is 2.44 bits per heavy atom. The second-order valence-electron chi connectivity index (χ2n) is 5.24. The Hall–Kier alpha value is -0.730. The first-order valence-corrected chi connectivity index (χ1v) is 7.14. The van der Waals surface area contributed by atoms with Gasteiger partial charge in [0.15, 0.2) is 0 Å². The summed E-state index contributed by atoms with van der Waals surface area (Å²) >= 11 is 6.10. The number of rotatable bonds is 6. The van der Waals surface area contributed by atoms with Crippen LogP contribution in [0, 0.1) is 0 Å². The standard InChI is InChI=1S/C15H25ClN2/c1-5-8-18(11(2)3)15-7-6-14(16)10-13(15)9-12(4)17/h6-7,10-12H,5,8-9,17H2,1-4H3. The Morgan fingerprint density at radius 1 is 1.28 bits per heavy atom. The van der Waals surface area contributed by atoms with Crippen molar-refractivity contribution < 1.29 is 0 Å². The van der Waals surface area contributed by atoms with Crippen LogP contribution in [0.15, 0.2) is 18.2 Å². The molecule has 1 unspecified atom stereocenters. The van der Waals surface area contributed by atoms with E-state index in [4.69, 9.17) is 17.3 Å². The van der Waals surface area contributed by atoms with Gasteiger partial charge in [-0.05, 0) is 57.4 Å². The Labute approximate surface area is 116 Å². The highest BCUT2D eigenvalue weighted by Crippen LogP contribution is 2.27. The average Bonchev–Trinajstić information content (AvgIpc) is 2.26. The van der Waals surface area contributed by atoms with Crippen molar-refractivity contribution in [3.8, 4) is 0 Å². The Kier molecular flexibility index (Phi) is 5.97. The van der Waals surface area contributed by atoms with Crippen LogP contribution in [-0.2, 0) is 6.42 Å². The molecule has 1 atom stereocenters. The number of nitrogens with zero attached hydrogens (tertiary/aromatic N) is 1. The van der Waals surface area contributed by atoms with E-state index in [1.807, 2.05) is 19.1 Å². The van der Waals surface area contributed by atoms with E-state index in [1.54, 1.807) is 0 Å². The molecule has 0 heterocycles. The van der Waals surface area contributed by atoms with E-state index in [0.29, 0.717) is 6.04 Å². The lowest BCUT2D eigenvalue weighted by Crippen LogP contribution is -2.33. The van der Waals surface area contributed by atoms with Crippen molar-refractivity contribution >= 4 is 17.3 Å². The van der Waals surface area contributed by atoms with Gasteiger partial charge in [0.25, 0.3) is 0 Å². The third-order valence-corrected chi connectivity index (χ3v) is 3.22. The first kappa shape index (κ1) is 15.3. The predicted octanol–water partition coefficient (Wildman–Crippen LogP) is 3.85. The quantitative estimate of drug-likeness (QED) is 0.849. The van der Waals surface area contributed by atoms with Crippen molar-refractivity contribution in [2.75, 3.05) is 11.4 Å². The molecule has 3 heteroatoms. The molecule has 0 aliphatic carbocycles. The van der Waals surface area contributed by atoms with Gasteiger partial charge in [0.1, 0.15) is 0 Å². The first-order chi connectivity index (χ1) is 8.45. The minimum Gasteiger partial charge on any atom is -0.369 e. The van der Waals surface area contributed by atoms with Gasteiger partial charge in [-0.15, -0.1) is 0 Å². The minimum absolute atomic E-state index is 0.151. The number of halogens is 1. The molecular formula is C15H25ClN2. The molecule has 0 fully saturated rings. The molecule has 1 aromatic carbocycles. The number of benzene rings is 1. The van der Waals surface area contributed by atoms with E-state index in [9.17, 15) is 0 Å². The summed E-state index contributed by atoms with van der Waals surface area (Å²) in [5.41, 5.74) is 8.45. The third-order valence-electron chi connectivity index (χ3n) is 2.98. The summed E-state index contributed by atoms with van der Waals surface area (Å²) in [4.78, 5) is 2.42. The Bertz CT molecular complexity index is 375. The van der Waals surface area contributed by atoms with Gasteiger partial charge < -0.3 is 10.6 Å². The van der Waals surface area contributed by atoms with E-state index >= 15 is 0 Å². The maximum absolute atomic E-state index is 6.10. The number of nitrogens with two attached hydrogens (primary N) is 1. The molecule has 0 aliphatic heterocycles. The highest BCUT2D eigenvalue weighted by Gasteiger charge is 2.14. The summed E-state index contributed by atoms with van der Waals surface area (Å²) in [7, 11) is 0. The van der Waals surface area contributed by atoms with E-state index in [2.05, 4.69) is 31.7 Å². The summed E-state index contributed by atoms with van der Waals surface area (Å²) in [6.45, 7) is 9.74. The summed E-state index contributed by atoms with van der Waals surface area (Å²) in [5.74, 6) is 0. The van der Waals surface area contributed by atoms with Crippen molar-refractivity contribution in [1.82, 2.24) is 0 Å². The van der Waals surface area contributed by atoms with E-state index in [-0.39, 0.29) is 6.04 Å². The van der Waals surface area contributed by atoms with Gasteiger partial charge in [0.2, 0.25) is 0 Å². The van der Waals surface area contributed by atoms with Crippen molar-refractivity contribution in [3.63, 3.8) is 0 Å². The normalized spacial score (nSPS) is 12.8. The van der Waals surface area contributed by atoms with Crippen molar-refractivity contribution in [2.24, 2.45) is 5.73 Å². The smallest absolute Gasteiger partial charge is 0.0410 e. The van der Waals surface area contributed by atoms with E-state index in [1.165, 1.54) is 11.3 Å². The lowest BCUT2D eigenvalue weighted by Gasteiger charge is -2.31. The van der Waals surface area contributed by atoms with Gasteiger partial charge >= 0.3 is 0 Å². The fourth-order valence-corrected chi connectivity index (χ4v) is 2.44. The molecule has 0 saturated heterocycles. The van der Waals surface area contributed by atoms with Crippen LogP contribution in [0.25, 0.3) is 0 Å². The van der Waals surface area contributed by atoms with Gasteiger partial charge in [0, 0.05) is 29.3 Å². The van der Waals surface area contributed by atoms with Crippen LogP contribution in [0.3, 0.4) is 0 Å². The van der Waals surface area contributed by atoms with Gasteiger partial charge in [-0.3, -0.25) is 0 Å². The van der Waals surface area contributed by atoms with Crippen LogP contribution in [0.1, 0.15) is 39.7 Å². The Morgan fingerprint density at radius 2 is 1.94 bits per heavy atom. The zero-order valence-corrected chi connectivity index (χ0v) is 12.7. The second kappa shape index (κ2) is 7.01. The van der Waals surface area contributed by atoms with Crippen LogP contribution >= 0.6 is 11.6 Å². The minimum atomic E-state index is 0.151. The molecule has 0 amide bonds. The van der Waals surface area contributed by atoms with Crippen molar-refractivity contribution in [2.45, 2.75) is 52.6 Å². The fourth-order valence-electron chi connectivity index (χ4n) is 2.24. The molecule has 0 bridgehead atoms. The largest absolute Gasteiger partial charge is 0.369 e. The zero-order valence-electron chi connectivity index (χ0n) is 11.9. The second-order valence-corrected chi connectivity index (χ2v) is 5.68. The highest BCUT2D eigenvalue weighted by molar-refractivity contribution is 6.30. The summed E-state index contributed by atoms with van der Waals surface area (Å²) in [6.07, 6.45) is 2.00. The SMILES string of the molecule is CCCN(c1ccc(Cl)cc1CC(C)N)C(C)C. The molecule has 102 valence electrons. The molecule has 2 N–H and O–H groups in total. The summed E-state index contributed by atoms with van der Waals surface area (Å²) < 4.78 is 0. The molecule has 1 rings (SSSR count). The van der Waals surface area contributed by atoms with Crippen LogP contribution in [0.4, 0.5) is 5.69 Å². The molecule has 0 aliphatic rings. The topological polar surface area (TPSA) is 29.3 Å². The summed E-state index contributed by atoms with van der Waals surface area (Å²) in [6, 6.07) is 6.77. The molecule has 0 saturated carbocycles. The first-order valence-electron chi connectivity index (χ1n) is 6.76. The monoisotopic (exact) mass is 268 g/mol. The molecular weight excluding hydrogens is 244 g/mol. The zero-order chi connectivity index (χ0) is 13.7. The van der Waals surface area contributed by atoms with Gasteiger partial charge in [0.05, 0.1) is 0 Å². The highest BCUT2D eigenvalue weighted by atomic mass is 35.5. The Balaban J connectivity index is 3.11. The molecule has 0 aromatic heterocycles. The number of anilines is 1. The maximum Gasteiger partial charge on any atom is 0.0410 e. The molecule has 2 nitrogen and oxygen atoms in total. The van der Waals surface area contributed by atoms with Gasteiger partial charge in [-0.1, -0.05) is 18.5 Å². The molecule has 0 spiro atoms. The average molecular weight is 269 g/mol. The third kappa shape index (κ3) is 4.18. The number of hydrogen-bond acceptors (Lipinski definition) is 2. The van der Waals surface area contributed by atoms with E-state index in [0.717, 1.165) is 24.4 Å². The van der Waals surface area contributed by atoms with Crippen LogP contribution in [0.2, 0.25) is 5.02 Å². The van der Waals surface area contributed by atoms with Crippen LogP contribution in [-0.4, -0.2) is 18.6 Å². The molecule has 1 aromatic rings. The molecule has 0 radical (unpaired) electrons.